The quantitative estimate of drug-likeness (QED) is 0.269. The van der Waals surface area contributed by atoms with Gasteiger partial charge in [-0.3, -0.25) is 14.4 Å². The average Bonchev–Trinajstić information content (AvgIpc) is 3.15. The number of rotatable bonds is 7. The van der Waals surface area contributed by atoms with Gasteiger partial charge in [-0.1, -0.05) is 12.1 Å². The van der Waals surface area contributed by atoms with Crippen LogP contribution in [0.1, 0.15) is 60.6 Å². The van der Waals surface area contributed by atoms with E-state index in [9.17, 15) is 24.6 Å². The normalized spacial score (nSPS) is 16.6. The maximum absolute atomic E-state index is 13.2. The summed E-state index contributed by atoms with van der Waals surface area (Å²) in [7, 11) is 3.70. The van der Waals surface area contributed by atoms with Crippen molar-refractivity contribution in [2.24, 2.45) is 0 Å². The zero-order valence-corrected chi connectivity index (χ0v) is 24.5. The van der Waals surface area contributed by atoms with Gasteiger partial charge < -0.3 is 31.1 Å². The summed E-state index contributed by atoms with van der Waals surface area (Å²) in [6, 6.07) is 13.8. The topological polar surface area (TPSA) is 131 Å². The number of hydrogen-bond acceptors (Lipinski definition) is 7. The predicted molar refractivity (Wildman–Crippen MR) is 162 cm³/mol. The van der Waals surface area contributed by atoms with E-state index in [4.69, 9.17) is 0 Å². The minimum Gasteiger partial charge on any atom is -0.507 e. The molecular formula is C31H37ClN4O5. The lowest BCUT2D eigenvalue weighted by Gasteiger charge is -2.27. The Labute approximate surface area is 246 Å². The number of carbonyl (C=O) groups excluding carboxylic acids is 3. The molecule has 10 heteroatoms. The molecule has 3 aromatic rings. The number of hydrogen-bond donors (Lipinski definition) is 5. The third kappa shape index (κ3) is 7.36. The van der Waals surface area contributed by atoms with Gasteiger partial charge in [0.1, 0.15) is 11.5 Å². The first-order chi connectivity index (χ1) is 19.0. The highest BCUT2D eigenvalue weighted by atomic mass is 35.5. The Morgan fingerprint density at radius 2 is 1.41 bits per heavy atom. The van der Waals surface area contributed by atoms with Gasteiger partial charge in [-0.25, -0.2) is 0 Å². The van der Waals surface area contributed by atoms with Crippen LogP contribution in [0, 0.1) is 13.8 Å². The van der Waals surface area contributed by atoms with E-state index in [0.29, 0.717) is 40.8 Å². The number of phenols is 2. The number of phenolic OH excluding ortho intramolecular Hbond substituents is 2. The number of halogens is 1. The van der Waals surface area contributed by atoms with E-state index in [2.05, 4.69) is 16.0 Å². The van der Waals surface area contributed by atoms with Crippen LogP contribution in [0.25, 0.3) is 0 Å². The van der Waals surface area contributed by atoms with Crippen LogP contribution in [0.4, 0.5) is 5.69 Å². The summed E-state index contributed by atoms with van der Waals surface area (Å²) in [6.45, 7) is 4.76. The number of nitrogens with one attached hydrogen (secondary N) is 3. The van der Waals surface area contributed by atoms with E-state index in [-0.39, 0.29) is 59.2 Å². The van der Waals surface area contributed by atoms with Crippen LogP contribution < -0.4 is 20.9 Å². The Kier molecular flexibility index (Phi) is 10.4. The molecule has 5 N–H and O–H groups in total. The summed E-state index contributed by atoms with van der Waals surface area (Å²) in [6.07, 6.45) is 1.51. The van der Waals surface area contributed by atoms with E-state index in [1.165, 1.54) is 6.07 Å². The maximum Gasteiger partial charge on any atom is 0.251 e. The molecule has 4 rings (SSSR count). The van der Waals surface area contributed by atoms with Crippen molar-refractivity contribution in [1.82, 2.24) is 16.0 Å². The van der Waals surface area contributed by atoms with E-state index in [1.54, 1.807) is 62.4 Å². The summed E-state index contributed by atoms with van der Waals surface area (Å²) < 4.78 is 0. The maximum atomic E-state index is 13.2. The molecule has 1 aliphatic heterocycles. The van der Waals surface area contributed by atoms with E-state index < -0.39 is 0 Å². The molecule has 0 aromatic heterocycles. The van der Waals surface area contributed by atoms with Gasteiger partial charge in [0.25, 0.3) is 11.8 Å². The molecule has 1 fully saturated rings. The standard InChI is InChI=1S/C31H36N4O5.ClH/c1-18-14-22(15-19(2)28(18)37)31(40)34-26-17-32-13-5-6-25(26)33-30(39)21-9-7-20(8-10-21)29(38)24-16-23(35(3)4)11-12-27(24)36;/h7-12,14-16,25-26,32,36-37H,5-6,13,17H2,1-4H3,(H,33,39)(H,34,40);1H/t25-,26-;/m1./s1. The first-order valence-corrected chi connectivity index (χ1v) is 13.3. The fourth-order valence-corrected chi connectivity index (χ4v) is 4.88. The minimum atomic E-state index is -0.346. The van der Waals surface area contributed by atoms with Gasteiger partial charge in [0.15, 0.2) is 5.78 Å². The van der Waals surface area contributed by atoms with Crippen molar-refractivity contribution in [1.29, 1.82) is 0 Å². The van der Waals surface area contributed by atoms with Crippen LogP contribution in [-0.2, 0) is 0 Å². The Morgan fingerprint density at radius 3 is 2.05 bits per heavy atom. The number of amides is 2. The SMILES string of the molecule is Cc1cc(C(=O)N[C@@H]2CNCCC[C@H]2NC(=O)c2ccc(C(=O)c3cc(N(C)C)ccc3O)cc2)cc(C)c1O.Cl. The second-order valence-electron chi connectivity index (χ2n) is 10.5. The highest BCUT2D eigenvalue weighted by molar-refractivity contribution is 6.11. The fourth-order valence-electron chi connectivity index (χ4n) is 4.88. The molecule has 0 spiro atoms. The Balaban J connectivity index is 0.00000462. The van der Waals surface area contributed by atoms with Gasteiger partial charge in [0, 0.05) is 43.0 Å². The zero-order valence-electron chi connectivity index (χ0n) is 23.7. The number of carbonyl (C=O) groups is 3. The van der Waals surface area contributed by atoms with Crippen LogP contribution in [-0.4, -0.2) is 67.1 Å². The Morgan fingerprint density at radius 1 is 0.829 bits per heavy atom. The molecule has 9 nitrogen and oxygen atoms in total. The summed E-state index contributed by atoms with van der Waals surface area (Å²) >= 11 is 0. The van der Waals surface area contributed by atoms with Gasteiger partial charge in [-0.2, -0.15) is 0 Å². The molecule has 1 aliphatic rings. The highest BCUT2D eigenvalue weighted by Gasteiger charge is 2.28. The summed E-state index contributed by atoms with van der Waals surface area (Å²) in [4.78, 5) is 41.1. The number of nitrogens with zero attached hydrogens (tertiary/aromatic N) is 1. The molecule has 41 heavy (non-hydrogen) atoms. The molecule has 2 amide bonds. The summed E-state index contributed by atoms with van der Waals surface area (Å²) in [5.74, 6) is -0.859. The molecule has 0 radical (unpaired) electrons. The van der Waals surface area contributed by atoms with Gasteiger partial charge in [-0.05, 0) is 86.8 Å². The van der Waals surface area contributed by atoms with Crippen molar-refractivity contribution < 1.29 is 24.6 Å². The molecule has 1 saturated heterocycles. The zero-order chi connectivity index (χ0) is 29.0. The number of benzene rings is 3. The lowest BCUT2D eigenvalue weighted by atomic mass is 9.99. The van der Waals surface area contributed by atoms with Crippen LogP contribution in [0.2, 0.25) is 0 Å². The van der Waals surface area contributed by atoms with Crippen LogP contribution >= 0.6 is 12.4 Å². The second kappa shape index (κ2) is 13.5. The molecule has 3 aromatic carbocycles. The Hall–Kier alpha value is -4.08. The predicted octanol–water partition coefficient (Wildman–Crippen LogP) is 3.71. The van der Waals surface area contributed by atoms with E-state index in [1.807, 2.05) is 19.0 Å². The minimum absolute atomic E-state index is 0. The van der Waals surface area contributed by atoms with Crippen molar-refractivity contribution in [3.63, 3.8) is 0 Å². The molecular weight excluding hydrogens is 544 g/mol. The number of ketones is 1. The van der Waals surface area contributed by atoms with Gasteiger partial charge in [0.2, 0.25) is 0 Å². The third-order valence-corrected chi connectivity index (χ3v) is 7.26. The Bertz CT molecular complexity index is 1400. The van der Waals surface area contributed by atoms with Crippen LogP contribution in [0.5, 0.6) is 11.5 Å². The van der Waals surface area contributed by atoms with E-state index >= 15 is 0 Å². The number of aromatic hydroxyl groups is 2. The fraction of sp³-hybridized carbons (Fsp3) is 0.323. The monoisotopic (exact) mass is 580 g/mol. The molecule has 0 saturated carbocycles. The average molecular weight is 581 g/mol. The van der Waals surface area contributed by atoms with Crippen molar-refractivity contribution in [2.75, 3.05) is 32.1 Å². The first kappa shape index (κ1) is 31.4. The molecule has 1 heterocycles. The lowest BCUT2D eigenvalue weighted by Crippen LogP contribution is -2.54. The van der Waals surface area contributed by atoms with Gasteiger partial charge in [-0.15, -0.1) is 12.4 Å². The van der Waals surface area contributed by atoms with Crippen LogP contribution in [0.3, 0.4) is 0 Å². The van der Waals surface area contributed by atoms with Crippen LogP contribution in [0.15, 0.2) is 54.6 Å². The van der Waals surface area contributed by atoms with Gasteiger partial charge in [0.05, 0.1) is 17.6 Å². The van der Waals surface area contributed by atoms with Crippen molar-refractivity contribution >= 4 is 35.7 Å². The largest absolute Gasteiger partial charge is 0.507 e. The van der Waals surface area contributed by atoms with Gasteiger partial charge >= 0.3 is 0 Å². The van der Waals surface area contributed by atoms with E-state index in [0.717, 1.165) is 18.7 Å². The molecule has 0 unspecified atom stereocenters. The second-order valence-corrected chi connectivity index (χ2v) is 10.5. The lowest BCUT2D eigenvalue weighted by molar-refractivity contribution is 0.0882. The number of anilines is 1. The summed E-state index contributed by atoms with van der Waals surface area (Å²) in [5, 5.41) is 29.7. The first-order valence-electron chi connectivity index (χ1n) is 13.3. The third-order valence-electron chi connectivity index (χ3n) is 7.26. The smallest absolute Gasteiger partial charge is 0.251 e. The molecule has 0 bridgehead atoms. The van der Waals surface area contributed by atoms with Crippen molar-refractivity contribution in [3.05, 3.63) is 88.0 Å². The molecule has 2 atom stereocenters. The highest BCUT2D eigenvalue weighted by Crippen LogP contribution is 2.26. The van der Waals surface area contributed by atoms with Crippen molar-refractivity contribution in [3.8, 4) is 11.5 Å². The molecule has 0 aliphatic carbocycles. The summed E-state index contributed by atoms with van der Waals surface area (Å²) in [5.41, 5.74) is 3.40. The van der Waals surface area contributed by atoms with Crippen molar-refractivity contribution in [2.45, 2.75) is 38.8 Å². The number of aryl methyl sites for hydroxylation is 2. The molecule has 218 valence electrons.